The summed E-state index contributed by atoms with van der Waals surface area (Å²) in [7, 11) is 1.68. The van der Waals surface area contributed by atoms with Gasteiger partial charge in [-0.2, -0.15) is 18.3 Å². The number of hydrogen-bond acceptors (Lipinski definition) is 4. The summed E-state index contributed by atoms with van der Waals surface area (Å²) in [6.45, 7) is 0. The highest BCUT2D eigenvalue weighted by Crippen LogP contribution is 2.51. The van der Waals surface area contributed by atoms with Gasteiger partial charge in [0.25, 0.3) is 0 Å². The zero-order valence-corrected chi connectivity index (χ0v) is 9.49. The van der Waals surface area contributed by atoms with E-state index in [9.17, 15) is 13.2 Å². The van der Waals surface area contributed by atoms with E-state index in [2.05, 4.69) is 20.4 Å². The summed E-state index contributed by atoms with van der Waals surface area (Å²) in [5.41, 5.74) is -1.32. The predicted molar refractivity (Wildman–Crippen MR) is 57.9 cm³/mol. The first kappa shape index (κ1) is 11.2. The molecule has 1 aliphatic rings. The molecule has 0 aromatic carbocycles. The second-order valence-electron chi connectivity index (χ2n) is 4.43. The van der Waals surface area contributed by atoms with E-state index >= 15 is 0 Å². The monoisotopic (exact) mass is 257 g/mol. The Morgan fingerprint density at radius 1 is 1.33 bits per heavy atom. The third kappa shape index (κ3) is 1.52. The number of fused-ring (bicyclic) bond motifs is 1. The van der Waals surface area contributed by atoms with Gasteiger partial charge >= 0.3 is 6.18 Å². The molecule has 0 unspecified atom stereocenters. The molecular weight excluding hydrogens is 247 g/mol. The van der Waals surface area contributed by atoms with Gasteiger partial charge in [0.05, 0.1) is 11.6 Å². The third-order valence-corrected chi connectivity index (χ3v) is 3.18. The van der Waals surface area contributed by atoms with E-state index in [1.807, 2.05) is 0 Å². The van der Waals surface area contributed by atoms with Crippen molar-refractivity contribution in [2.24, 2.45) is 7.05 Å². The van der Waals surface area contributed by atoms with Gasteiger partial charge in [-0.05, 0) is 12.8 Å². The quantitative estimate of drug-likeness (QED) is 0.892. The van der Waals surface area contributed by atoms with E-state index in [1.165, 1.54) is 17.2 Å². The van der Waals surface area contributed by atoms with Crippen molar-refractivity contribution < 1.29 is 13.2 Å². The second kappa shape index (κ2) is 3.33. The van der Waals surface area contributed by atoms with Crippen LogP contribution in [-0.2, 0) is 7.05 Å². The minimum atomic E-state index is -4.27. The zero-order chi connectivity index (χ0) is 13.0. The van der Waals surface area contributed by atoms with Crippen molar-refractivity contribution in [1.82, 2.24) is 19.7 Å². The second-order valence-corrected chi connectivity index (χ2v) is 4.43. The largest absolute Gasteiger partial charge is 0.411 e. The van der Waals surface area contributed by atoms with Crippen molar-refractivity contribution >= 4 is 16.9 Å². The fourth-order valence-corrected chi connectivity index (χ4v) is 1.89. The van der Waals surface area contributed by atoms with Gasteiger partial charge in [0.15, 0.2) is 5.65 Å². The fourth-order valence-electron chi connectivity index (χ4n) is 1.89. The Labute approximate surface area is 100 Å². The molecular formula is C10H10F3N5. The summed E-state index contributed by atoms with van der Waals surface area (Å²) < 4.78 is 40.1. The van der Waals surface area contributed by atoms with Gasteiger partial charge in [-0.3, -0.25) is 4.68 Å². The van der Waals surface area contributed by atoms with E-state index in [1.54, 1.807) is 7.05 Å². The lowest BCUT2D eigenvalue weighted by molar-refractivity contribution is -0.151. The molecule has 2 heterocycles. The van der Waals surface area contributed by atoms with Crippen LogP contribution in [0.4, 0.5) is 19.0 Å². The van der Waals surface area contributed by atoms with E-state index in [0.717, 1.165) is 0 Å². The Morgan fingerprint density at radius 3 is 2.67 bits per heavy atom. The highest BCUT2D eigenvalue weighted by molar-refractivity contribution is 5.86. The van der Waals surface area contributed by atoms with Gasteiger partial charge in [-0.15, -0.1) is 0 Å². The van der Waals surface area contributed by atoms with Crippen molar-refractivity contribution in [2.75, 3.05) is 5.32 Å². The first-order valence-corrected chi connectivity index (χ1v) is 5.41. The van der Waals surface area contributed by atoms with Crippen LogP contribution in [-0.4, -0.2) is 31.5 Å². The zero-order valence-electron chi connectivity index (χ0n) is 9.49. The molecule has 0 aliphatic heterocycles. The number of nitrogens with zero attached hydrogens (tertiary/aromatic N) is 4. The first-order chi connectivity index (χ1) is 8.43. The maximum absolute atomic E-state index is 12.9. The number of alkyl halides is 3. The Balaban J connectivity index is 2.01. The van der Waals surface area contributed by atoms with Crippen molar-refractivity contribution in [3.63, 3.8) is 0 Å². The average molecular weight is 257 g/mol. The number of nitrogens with one attached hydrogen (secondary N) is 1. The molecule has 0 radical (unpaired) electrons. The van der Waals surface area contributed by atoms with Crippen LogP contribution in [0, 0.1) is 0 Å². The number of aryl methyl sites for hydroxylation is 1. The smallest absolute Gasteiger partial charge is 0.355 e. The Kier molecular flexibility index (Phi) is 2.08. The van der Waals surface area contributed by atoms with Crippen molar-refractivity contribution in [3.8, 4) is 0 Å². The molecule has 1 saturated carbocycles. The summed E-state index contributed by atoms with van der Waals surface area (Å²) in [6, 6.07) is 0. The molecule has 1 N–H and O–H groups in total. The molecule has 0 atom stereocenters. The van der Waals surface area contributed by atoms with Gasteiger partial charge < -0.3 is 5.32 Å². The third-order valence-electron chi connectivity index (χ3n) is 3.18. The van der Waals surface area contributed by atoms with Gasteiger partial charge in [0, 0.05) is 7.05 Å². The van der Waals surface area contributed by atoms with E-state index in [4.69, 9.17) is 0 Å². The molecule has 0 bridgehead atoms. The van der Waals surface area contributed by atoms with Gasteiger partial charge in [-0.25, -0.2) is 9.97 Å². The maximum Gasteiger partial charge on any atom is 0.411 e. The topological polar surface area (TPSA) is 55.6 Å². The summed E-state index contributed by atoms with van der Waals surface area (Å²) in [4.78, 5) is 7.87. The van der Waals surface area contributed by atoms with Crippen LogP contribution >= 0.6 is 0 Å². The van der Waals surface area contributed by atoms with Crippen molar-refractivity contribution in [1.29, 1.82) is 0 Å². The molecule has 8 heteroatoms. The van der Waals surface area contributed by atoms with Crippen LogP contribution < -0.4 is 5.32 Å². The Bertz CT molecular complexity index is 599. The predicted octanol–water partition coefficient (Wildman–Crippen LogP) is 1.87. The van der Waals surface area contributed by atoms with Crippen molar-refractivity contribution in [3.05, 3.63) is 12.5 Å². The van der Waals surface area contributed by atoms with E-state index < -0.39 is 11.7 Å². The molecule has 1 aliphatic carbocycles. The summed E-state index contributed by atoms with van der Waals surface area (Å²) in [5, 5.41) is 6.95. The number of anilines is 1. The molecule has 0 spiro atoms. The van der Waals surface area contributed by atoms with Crippen LogP contribution in [0.25, 0.3) is 11.0 Å². The standard InChI is InChI=1S/C10H10F3N5/c1-18-8-6(4-16-18)7(14-5-15-8)17-9(2-3-9)10(11,12)13/h4-5H,2-3H2,1H3,(H,14,15,17). The molecule has 0 amide bonds. The van der Waals surface area contributed by atoms with Gasteiger partial charge in [0.2, 0.25) is 0 Å². The number of rotatable bonds is 2. The van der Waals surface area contributed by atoms with Crippen molar-refractivity contribution in [2.45, 2.75) is 24.6 Å². The SMILES string of the molecule is Cn1ncc2c(NC3(C(F)(F)F)CC3)ncnc21. The molecule has 18 heavy (non-hydrogen) atoms. The van der Waals surface area contributed by atoms with Crippen LogP contribution in [0.1, 0.15) is 12.8 Å². The average Bonchev–Trinajstić information content (AvgIpc) is 2.99. The molecule has 2 aromatic rings. The molecule has 1 fully saturated rings. The lowest BCUT2D eigenvalue weighted by atomic mass is 10.2. The summed E-state index contributed by atoms with van der Waals surface area (Å²) in [6.07, 6.45) is -1.43. The van der Waals surface area contributed by atoms with Crippen LogP contribution in [0.5, 0.6) is 0 Å². The first-order valence-electron chi connectivity index (χ1n) is 5.41. The van der Waals surface area contributed by atoms with Crippen LogP contribution in [0.2, 0.25) is 0 Å². The molecule has 96 valence electrons. The minimum absolute atomic E-state index is 0.0717. The summed E-state index contributed by atoms with van der Waals surface area (Å²) in [5.74, 6) is 0.183. The molecule has 5 nitrogen and oxygen atoms in total. The van der Waals surface area contributed by atoms with Gasteiger partial charge in [-0.1, -0.05) is 0 Å². The van der Waals surface area contributed by atoms with E-state index in [0.29, 0.717) is 11.0 Å². The maximum atomic E-state index is 12.9. The number of hydrogen-bond donors (Lipinski definition) is 1. The minimum Gasteiger partial charge on any atom is -0.355 e. The normalized spacial score (nSPS) is 18.0. The molecule has 3 rings (SSSR count). The lowest BCUT2D eigenvalue weighted by Crippen LogP contribution is -2.39. The van der Waals surface area contributed by atoms with Gasteiger partial charge in [0.1, 0.15) is 17.7 Å². The lowest BCUT2D eigenvalue weighted by Gasteiger charge is -2.21. The molecule has 2 aromatic heterocycles. The number of aromatic nitrogens is 4. The molecule has 0 saturated heterocycles. The summed E-state index contributed by atoms with van der Waals surface area (Å²) >= 11 is 0. The van der Waals surface area contributed by atoms with Crippen LogP contribution in [0.3, 0.4) is 0 Å². The van der Waals surface area contributed by atoms with Crippen LogP contribution in [0.15, 0.2) is 12.5 Å². The Morgan fingerprint density at radius 2 is 2.06 bits per heavy atom. The fraction of sp³-hybridized carbons (Fsp3) is 0.500. The highest BCUT2D eigenvalue weighted by Gasteiger charge is 2.63. The van der Waals surface area contributed by atoms with E-state index in [-0.39, 0.29) is 18.7 Å². The Hall–Kier alpha value is -1.86. The number of halogens is 3. The highest BCUT2D eigenvalue weighted by atomic mass is 19.4.